The lowest BCUT2D eigenvalue weighted by atomic mass is 9.98. The van der Waals surface area contributed by atoms with Crippen LogP contribution in [0, 0.1) is 12.8 Å². The van der Waals surface area contributed by atoms with Gasteiger partial charge in [-0.3, -0.25) is 0 Å². The first-order chi connectivity index (χ1) is 10.1. The van der Waals surface area contributed by atoms with Gasteiger partial charge in [0, 0.05) is 25.0 Å². The van der Waals surface area contributed by atoms with E-state index in [1.807, 2.05) is 0 Å². The zero-order chi connectivity index (χ0) is 15.2. The van der Waals surface area contributed by atoms with Crippen molar-refractivity contribution in [2.24, 2.45) is 5.92 Å². The van der Waals surface area contributed by atoms with Crippen LogP contribution in [-0.2, 0) is 6.54 Å². The van der Waals surface area contributed by atoms with Crippen molar-refractivity contribution in [2.75, 3.05) is 6.54 Å². The fourth-order valence-corrected chi connectivity index (χ4v) is 2.80. The van der Waals surface area contributed by atoms with E-state index in [9.17, 15) is 0 Å². The Bertz CT molecular complexity index is 554. The molecule has 0 amide bonds. The third-order valence-electron chi connectivity index (χ3n) is 3.86. The lowest BCUT2D eigenvalue weighted by Gasteiger charge is -2.21. The van der Waals surface area contributed by atoms with E-state index in [-0.39, 0.29) is 0 Å². The third kappa shape index (κ3) is 4.47. The summed E-state index contributed by atoms with van der Waals surface area (Å²) in [5, 5.41) is 3.66. The summed E-state index contributed by atoms with van der Waals surface area (Å²) in [6.07, 6.45) is 5.66. The van der Waals surface area contributed by atoms with Crippen molar-refractivity contribution in [3.05, 3.63) is 59.4 Å². The van der Waals surface area contributed by atoms with Crippen LogP contribution in [0.4, 0.5) is 0 Å². The van der Waals surface area contributed by atoms with Gasteiger partial charge in [0.1, 0.15) is 0 Å². The Balaban J connectivity index is 2.09. The van der Waals surface area contributed by atoms with E-state index in [0.717, 1.165) is 13.1 Å². The Labute approximate surface area is 129 Å². The topological polar surface area (TPSA) is 17.0 Å². The maximum atomic E-state index is 3.66. The average molecular weight is 284 g/mol. The van der Waals surface area contributed by atoms with Crippen LogP contribution in [-0.4, -0.2) is 11.1 Å². The summed E-state index contributed by atoms with van der Waals surface area (Å²) in [4.78, 5) is 0. The molecule has 0 radical (unpaired) electrons. The lowest BCUT2D eigenvalue weighted by molar-refractivity contribution is 0.412. The van der Waals surface area contributed by atoms with Gasteiger partial charge in [-0.05, 0) is 43.0 Å². The zero-order valence-corrected chi connectivity index (χ0v) is 13.8. The highest BCUT2D eigenvalue weighted by Crippen LogP contribution is 2.22. The predicted molar refractivity (Wildman–Crippen MR) is 90.6 cm³/mol. The van der Waals surface area contributed by atoms with Gasteiger partial charge >= 0.3 is 0 Å². The lowest BCUT2D eigenvalue weighted by Crippen LogP contribution is -2.26. The van der Waals surface area contributed by atoms with Crippen LogP contribution < -0.4 is 5.32 Å². The number of aromatic nitrogens is 1. The highest BCUT2D eigenvalue weighted by molar-refractivity contribution is 5.24. The Morgan fingerprint density at radius 3 is 2.67 bits per heavy atom. The number of nitrogens with one attached hydrogen (secondary N) is 1. The van der Waals surface area contributed by atoms with E-state index < -0.39 is 0 Å². The van der Waals surface area contributed by atoms with Crippen molar-refractivity contribution in [3.8, 4) is 0 Å². The van der Waals surface area contributed by atoms with Crippen molar-refractivity contribution in [1.82, 2.24) is 9.88 Å². The number of hydrogen-bond acceptors (Lipinski definition) is 1. The van der Waals surface area contributed by atoms with Crippen LogP contribution in [0.5, 0.6) is 0 Å². The van der Waals surface area contributed by atoms with Crippen LogP contribution in [0.15, 0.2) is 42.7 Å². The summed E-state index contributed by atoms with van der Waals surface area (Å²) in [5.74, 6) is 0.603. The summed E-state index contributed by atoms with van der Waals surface area (Å²) in [7, 11) is 0. The fourth-order valence-electron chi connectivity index (χ4n) is 2.80. The molecule has 1 aromatic carbocycles. The summed E-state index contributed by atoms with van der Waals surface area (Å²) in [5.41, 5.74) is 4.08. The van der Waals surface area contributed by atoms with Gasteiger partial charge in [-0.25, -0.2) is 0 Å². The van der Waals surface area contributed by atoms with Gasteiger partial charge in [-0.2, -0.15) is 0 Å². The molecule has 2 heteroatoms. The van der Waals surface area contributed by atoms with Crippen molar-refractivity contribution in [1.29, 1.82) is 0 Å². The number of rotatable bonds is 7. The highest BCUT2D eigenvalue weighted by Gasteiger charge is 2.15. The normalized spacial score (nSPS) is 12.8. The molecule has 0 fully saturated rings. The van der Waals surface area contributed by atoms with Crippen molar-refractivity contribution in [2.45, 2.75) is 46.7 Å². The molecule has 1 unspecified atom stereocenters. The summed E-state index contributed by atoms with van der Waals surface area (Å²) >= 11 is 0. The minimum Gasteiger partial charge on any atom is -0.350 e. The smallest absolute Gasteiger partial charge is 0.0470 e. The quantitative estimate of drug-likeness (QED) is 0.789. The van der Waals surface area contributed by atoms with E-state index >= 15 is 0 Å². The van der Waals surface area contributed by atoms with Gasteiger partial charge in [0.2, 0.25) is 0 Å². The van der Waals surface area contributed by atoms with Crippen LogP contribution in [0.1, 0.15) is 49.9 Å². The van der Waals surface area contributed by atoms with Gasteiger partial charge in [-0.1, -0.05) is 50.6 Å². The molecule has 1 atom stereocenters. The molecule has 2 rings (SSSR count). The van der Waals surface area contributed by atoms with E-state index in [4.69, 9.17) is 0 Å². The second-order valence-corrected chi connectivity index (χ2v) is 6.28. The Kier molecular flexibility index (Phi) is 5.63. The zero-order valence-electron chi connectivity index (χ0n) is 13.8. The number of nitrogens with zero attached hydrogens (tertiary/aromatic N) is 1. The highest BCUT2D eigenvalue weighted by atomic mass is 15.0. The van der Waals surface area contributed by atoms with Crippen LogP contribution in [0.25, 0.3) is 0 Å². The van der Waals surface area contributed by atoms with E-state index in [2.05, 4.69) is 80.3 Å². The average Bonchev–Trinajstić information content (AvgIpc) is 2.87. The molecule has 2 nitrogen and oxygen atoms in total. The molecule has 0 aliphatic heterocycles. The summed E-state index contributed by atoms with van der Waals surface area (Å²) < 4.78 is 2.28. The van der Waals surface area contributed by atoms with Crippen molar-refractivity contribution < 1.29 is 0 Å². The van der Waals surface area contributed by atoms with Crippen molar-refractivity contribution >= 4 is 0 Å². The van der Waals surface area contributed by atoms with Crippen LogP contribution in [0.2, 0.25) is 0 Å². The van der Waals surface area contributed by atoms with Crippen LogP contribution >= 0.6 is 0 Å². The summed E-state index contributed by atoms with van der Waals surface area (Å²) in [6.45, 7) is 10.9. The molecule has 1 heterocycles. The molecule has 1 aromatic heterocycles. The SMILES string of the molecule is CCCNC(c1ccn(Cc2cccc(C)c2)c1)C(C)C. The van der Waals surface area contributed by atoms with Gasteiger partial charge in [0.15, 0.2) is 0 Å². The van der Waals surface area contributed by atoms with E-state index in [1.54, 1.807) is 0 Å². The molecule has 0 aliphatic carbocycles. The first kappa shape index (κ1) is 15.8. The van der Waals surface area contributed by atoms with Gasteiger partial charge in [-0.15, -0.1) is 0 Å². The van der Waals surface area contributed by atoms with Crippen molar-refractivity contribution in [3.63, 3.8) is 0 Å². The number of benzene rings is 1. The molecular formula is C19H28N2. The summed E-state index contributed by atoms with van der Waals surface area (Å²) in [6, 6.07) is 11.4. The van der Waals surface area contributed by atoms with Gasteiger partial charge in [0.05, 0.1) is 0 Å². The number of aryl methyl sites for hydroxylation is 1. The molecule has 21 heavy (non-hydrogen) atoms. The van der Waals surface area contributed by atoms with Gasteiger partial charge in [0.25, 0.3) is 0 Å². The molecule has 114 valence electrons. The number of hydrogen-bond donors (Lipinski definition) is 1. The first-order valence-electron chi connectivity index (χ1n) is 8.04. The molecule has 0 aliphatic rings. The fraction of sp³-hybridized carbons (Fsp3) is 0.474. The largest absolute Gasteiger partial charge is 0.350 e. The molecule has 2 aromatic rings. The minimum atomic E-state index is 0.448. The first-order valence-corrected chi connectivity index (χ1v) is 8.04. The maximum Gasteiger partial charge on any atom is 0.0470 e. The molecule has 0 bridgehead atoms. The molecule has 0 saturated heterocycles. The van der Waals surface area contributed by atoms with E-state index in [1.165, 1.54) is 23.1 Å². The Morgan fingerprint density at radius 1 is 1.19 bits per heavy atom. The Morgan fingerprint density at radius 2 is 2.00 bits per heavy atom. The maximum absolute atomic E-state index is 3.66. The monoisotopic (exact) mass is 284 g/mol. The second-order valence-electron chi connectivity index (χ2n) is 6.28. The van der Waals surface area contributed by atoms with Crippen LogP contribution in [0.3, 0.4) is 0 Å². The predicted octanol–water partition coefficient (Wildman–Crippen LogP) is 4.54. The molecule has 0 spiro atoms. The second kappa shape index (κ2) is 7.46. The molecule has 1 N–H and O–H groups in total. The molecular weight excluding hydrogens is 256 g/mol. The third-order valence-corrected chi connectivity index (χ3v) is 3.86. The Hall–Kier alpha value is -1.54. The standard InChI is InChI=1S/C19H28N2/c1-5-10-20-19(15(2)3)18-9-11-21(14-18)13-17-8-6-7-16(4)12-17/h6-9,11-12,14-15,19-20H,5,10,13H2,1-4H3. The minimum absolute atomic E-state index is 0.448. The van der Waals surface area contributed by atoms with Gasteiger partial charge < -0.3 is 9.88 Å². The molecule has 0 saturated carbocycles. The van der Waals surface area contributed by atoms with E-state index in [0.29, 0.717) is 12.0 Å².